The van der Waals surface area contributed by atoms with E-state index in [0.29, 0.717) is 23.7 Å². The van der Waals surface area contributed by atoms with Crippen LogP contribution in [0.15, 0.2) is 18.2 Å². The van der Waals surface area contributed by atoms with Crippen molar-refractivity contribution in [3.05, 3.63) is 34.3 Å². The summed E-state index contributed by atoms with van der Waals surface area (Å²) in [5.74, 6) is -0.0434. The zero-order valence-electron chi connectivity index (χ0n) is 13.1. The molecule has 1 heterocycles. The van der Waals surface area contributed by atoms with Gasteiger partial charge in [-0.1, -0.05) is 11.6 Å². The maximum atomic E-state index is 12.4. The minimum atomic E-state index is -0.0434. The van der Waals surface area contributed by atoms with Gasteiger partial charge < -0.3 is 15.4 Å². The first-order valence-electron chi connectivity index (χ1n) is 7.30. The van der Waals surface area contributed by atoms with Crippen molar-refractivity contribution in [2.45, 2.75) is 19.8 Å². The molecule has 0 radical (unpaired) electrons. The van der Waals surface area contributed by atoms with Crippen molar-refractivity contribution in [1.82, 2.24) is 10.6 Å². The van der Waals surface area contributed by atoms with Crippen LogP contribution in [0.25, 0.3) is 0 Å². The molecule has 0 saturated carbocycles. The van der Waals surface area contributed by atoms with Crippen LogP contribution in [0.5, 0.6) is 0 Å². The number of aryl methyl sites for hydroxylation is 1. The van der Waals surface area contributed by atoms with Gasteiger partial charge in [0.2, 0.25) is 0 Å². The van der Waals surface area contributed by atoms with Gasteiger partial charge in [-0.05, 0) is 56.6 Å². The molecule has 1 aromatic rings. The fraction of sp³-hybridized carbons (Fsp3) is 0.562. The van der Waals surface area contributed by atoms with E-state index in [1.165, 1.54) is 0 Å². The standard InChI is InChI=1S/C16H23ClN2O2.ClH/c1-12-9-13(17)3-4-14(12)15(20)19-10-16(11-21-2)5-7-18-8-6-16;/h3-4,9,18H,5-8,10-11H2,1-2H3,(H,19,20);1H. The van der Waals surface area contributed by atoms with Gasteiger partial charge in [0.25, 0.3) is 5.91 Å². The van der Waals surface area contributed by atoms with E-state index in [9.17, 15) is 4.79 Å². The summed E-state index contributed by atoms with van der Waals surface area (Å²) in [6.45, 7) is 5.16. The second-order valence-corrected chi connectivity index (χ2v) is 6.26. The Morgan fingerprint density at radius 2 is 2.09 bits per heavy atom. The molecule has 1 fully saturated rings. The van der Waals surface area contributed by atoms with E-state index in [1.54, 1.807) is 19.2 Å². The van der Waals surface area contributed by atoms with Crippen molar-refractivity contribution in [3.63, 3.8) is 0 Å². The molecule has 1 saturated heterocycles. The predicted molar refractivity (Wildman–Crippen MR) is 92.2 cm³/mol. The summed E-state index contributed by atoms with van der Waals surface area (Å²) in [6, 6.07) is 5.34. The molecule has 4 nitrogen and oxygen atoms in total. The molecule has 1 aliphatic heterocycles. The number of halogens is 2. The second kappa shape index (κ2) is 8.73. The smallest absolute Gasteiger partial charge is 0.251 e. The Kier molecular flexibility index (Phi) is 7.63. The highest BCUT2D eigenvalue weighted by molar-refractivity contribution is 6.30. The molecule has 2 rings (SSSR count). The molecule has 2 N–H and O–H groups in total. The van der Waals surface area contributed by atoms with Gasteiger partial charge in [-0.3, -0.25) is 4.79 Å². The number of rotatable bonds is 5. The van der Waals surface area contributed by atoms with E-state index in [2.05, 4.69) is 10.6 Å². The average Bonchev–Trinajstić information content (AvgIpc) is 2.46. The van der Waals surface area contributed by atoms with E-state index in [0.717, 1.165) is 31.5 Å². The molecular weight excluding hydrogens is 323 g/mol. The van der Waals surface area contributed by atoms with Crippen LogP contribution >= 0.6 is 24.0 Å². The summed E-state index contributed by atoms with van der Waals surface area (Å²) in [4.78, 5) is 12.4. The van der Waals surface area contributed by atoms with Gasteiger partial charge in [0.1, 0.15) is 0 Å². The molecule has 1 aliphatic rings. The Hall–Kier alpha value is -0.810. The van der Waals surface area contributed by atoms with Gasteiger partial charge >= 0.3 is 0 Å². The van der Waals surface area contributed by atoms with Crippen LogP contribution in [0, 0.1) is 12.3 Å². The number of methoxy groups -OCH3 is 1. The normalized spacial score (nSPS) is 16.7. The first-order valence-corrected chi connectivity index (χ1v) is 7.68. The lowest BCUT2D eigenvalue weighted by molar-refractivity contribution is 0.0511. The Morgan fingerprint density at radius 1 is 1.41 bits per heavy atom. The maximum Gasteiger partial charge on any atom is 0.251 e. The molecule has 1 amide bonds. The molecule has 0 unspecified atom stereocenters. The van der Waals surface area contributed by atoms with Crippen molar-refractivity contribution in [2.24, 2.45) is 5.41 Å². The van der Waals surface area contributed by atoms with Crippen molar-refractivity contribution >= 4 is 29.9 Å². The van der Waals surface area contributed by atoms with Crippen molar-refractivity contribution in [3.8, 4) is 0 Å². The van der Waals surface area contributed by atoms with E-state index in [4.69, 9.17) is 16.3 Å². The lowest BCUT2D eigenvalue weighted by atomic mass is 9.79. The van der Waals surface area contributed by atoms with Crippen LogP contribution in [-0.2, 0) is 4.74 Å². The van der Waals surface area contributed by atoms with E-state index in [1.807, 2.05) is 13.0 Å². The zero-order chi connectivity index (χ0) is 15.3. The lowest BCUT2D eigenvalue weighted by Crippen LogP contribution is -2.47. The van der Waals surface area contributed by atoms with Crippen LogP contribution in [0.4, 0.5) is 0 Å². The van der Waals surface area contributed by atoms with E-state index in [-0.39, 0.29) is 23.7 Å². The number of hydrogen-bond acceptors (Lipinski definition) is 3. The third-order valence-corrected chi connectivity index (χ3v) is 4.41. The Balaban J connectivity index is 0.00000242. The van der Waals surface area contributed by atoms with Gasteiger partial charge in [-0.2, -0.15) is 0 Å². The average molecular weight is 347 g/mol. The van der Waals surface area contributed by atoms with Crippen LogP contribution in [-0.4, -0.2) is 39.3 Å². The van der Waals surface area contributed by atoms with Gasteiger partial charge in [0.15, 0.2) is 0 Å². The van der Waals surface area contributed by atoms with Crippen LogP contribution < -0.4 is 10.6 Å². The van der Waals surface area contributed by atoms with E-state index >= 15 is 0 Å². The first-order chi connectivity index (χ1) is 10.1. The molecular formula is C16H24Cl2N2O2. The summed E-state index contributed by atoms with van der Waals surface area (Å²) in [5.41, 5.74) is 1.61. The fourth-order valence-electron chi connectivity index (χ4n) is 2.88. The van der Waals surface area contributed by atoms with Crippen LogP contribution in [0.1, 0.15) is 28.8 Å². The van der Waals surface area contributed by atoms with Gasteiger partial charge in [-0.25, -0.2) is 0 Å². The molecule has 6 heteroatoms. The minimum absolute atomic E-state index is 0. The Bertz CT molecular complexity index is 497. The van der Waals surface area contributed by atoms with Gasteiger partial charge in [0, 0.05) is 29.7 Å². The number of piperidine rings is 1. The fourth-order valence-corrected chi connectivity index (χ4v) is 3.11. The quantitative estimate of drug-likeness (QED) is 0.861. The highest BCUT2D eigenvalue weighted by atomic mass is 35.5. The molecule has 0 aliphatic carbocycles. The number of carbonyl (C=O) groups is 1. The second-order valence-electron chi connectivity index (χ2n) is 5.82. The van der Waals surface area contributed by atoms with Crippen molar-refractivity contribution in [1.29, 1.82) is 0 Å². The number of benzene rings is 1. The summed E-state index contributed by atoms with van der Waals surface area (Å²) >= 11 is 5.93. The first kappa shape index (κ1) is 19.2. The third kappa shape index (κ3) is 4.85. The Morgan fingerprint density at radius 3 is 2.68 bits per heavy atom. The molecule has 0 aromatic heterocycles. The van der Waals surface area contributed by atoms with Crippen LogP contribution in [0.2, 0.25) is 5.02 Å². The number of ether oxygens (including phenoxy) is 1. The number of amides is 1. The number of nitrogens with one attached hydrogen (secondary N) is 2. The van der Waals surface area contributed by atoms with Gasteiger partial charge in [-0.15, -0.1) is 12.4 Å². The summed E-state index contributed by atoms with van der Waals surface area (Å²) in [6.07, 6.45) is 2.03. The van der Waals surface area contributed by atoms with Crippen molar-refractivity contribution in [2.75, 3.05) is 33.4 Å². The topological polar surface area (TPSA) is 50.4 Å². The summed E-state index contributed by atoms with van der Waals surface area (Å²) in [5, 5.41) is 7.07. The number of hydrogen-bond donors (Lipinski definition) is 2. The number of carbonyl (C=O) groups excluding carboxylic acids is 1. The highest BCUT2D eigenvalue weighted by Crippen LogP contribution is 2.28. The minimum Gasteiger partial charge on any atom is -0.384 e. The Labute approximate surface area is 143 Å². The molecule has 0 bridgehead atoms. The largest absolute Gasteiger partial charge is 0.384 e. The van der Waals surface area contributed by atoms with Gasteiger partial charge in [0.05, 0.1) is 6.61 Å². The predicted octanol–water partition coefficient (Wildman–Crippen LogP) is 2.82. The monoisotopic (exact) mass is 346 g/mol. The molecule has 22 heavy (non-hydrogen) atoms. The molecule has 124 valence electrons. The van der Waals surface area contributed by atoms with Crippen LogP contribution in [0.3, 0.4) is 0 Å². The lowest BCUT2D eigenvalue weighted by Gasteiger charge is -2.37. The third-order valence-electron chi connectivity index (χ3n) is 4.17. The molecule has 0 spiro atoms. The SMILES string of the molecule is COCC1(CNC(=O)c2ccc(Cl)cc2C)CCNCC1.Cl. The molecule has 1 aromatic carbocycles. The zero-order valence-corrected chi connectivity index (χ0v) is 14.6. The highest BCUT2D eigenvalue weighted by Gasteiger charge is 2.32. The van der Waals surface area contributed by atoms with Crippen molar-refractivity contribution < 1.29 is 9.53 Å². The summed E-state index contributed by atoms with van der Waals surface area (Å²) < 4.78 is 5.37. The van der Waals surface area contributed by atoms with E-state index < -0.39 is 0 Å². The summed E-state index contributed by atoms with van der Waals surface area (Å²) in [7, 11) is 1.72. The maximum absolute atomic E-state index is 12.4. The molecule has 0 atom stereocenters.